The maximum atomic E-state index is 13.5. The summed E-state index contributed by atoms with van der Waals surface area (Å²) >= 11 is 0. The van der Waals surface area contributed by atoms with E-state index in [9.17, 15) is 9.59 Å². The average Bonchev–Trinajstić information content (AvgIpc) is 2.66. The number of carbonyl (C=O) groups is 2. The normalized spacial score (nSPS) is 13.5. The summed E-state index contributed by atoms with van der Waals surface area (Å²) in [5, 5.41) is 0. The van der Waals surface area contributed by atoms with E-state index in [1.807, 2.05) is 0 Å². The van der Waals surface area contributed by atoms with E-state index in [0.29, 0.717) is 30.1 Å². The van der Waals surface area contributed by atoms with Crippen LogP contribution in [0.3, 0.4) is 0 Å². The molecule has 0 saturated heterocycles. The van der Waals surface area contributed by atoms with Crippen molar-refractivity contribution < 1.29 is 23.8 Å². The largest absolute Gasteiger partial charge is 0.496 e. The number of hydrogen-bond acceptors (Lipinski definition) is 5. The van der Waals surface area contributed by atoms with Gasteiger partial charge in [-0.3, -0.25) is 9.59 Å². The van der Waals surface area contributed by atoms with E-state index in [1.165, 1.54) is 14.2 Å². The molecule has 0 N–H and O–H groups in total. The summed E-state index contributed by atoms with van der Waals surface area (Å²) in [4.78, 5) is 26.4. The van der Waals surface area contributed by atoms with Crippen LogP contribution >= 0.6 is 0 Å². The molecule has 0 amide bonds. The number of unbranched alkanes of at least 4 members (excludes halogenated alkanes) is 2. The highest BCUT2D eigenvalue weighted by molar-refractivity contribution is 6.11. The fraction of sp³-hybridized carbons (Fsp3) is 0.667. The first-order valence-electron chi connectivity index (χ1n) is 10.6. The number of benzene rings is 1. The van der Waals surface area contributed by atoms with E-state index in [1.54, 1.807) is 18.2 Å². The Hall–Kier alpha value is -2.04. The molecule has 2 unspecified atom stereocenters. The first kappa shape index (κ1) is 25.0. The highest BCUT2D eigenvalue weighted by Gasteiger charge is 2.35. The lowest BCUT2D eigenvalue weighted by Crippen LogP contribution is -2.30. The Morgan fingerprint density at radius 2 is 1.62 bits per heavy atom. The fourth-order valence-corrected chi connectivity index (χ4v) is 3.74. The van der Waals surface area contributed by atoms with Crippen LogP contribution in [0, 0.1) is 17.3 Å². The van der Waals surface area contributed by atoms with Crippen LogP contribution in [0.4, 0.5) is 0 Å². The molecular weight excluding hydrogens is 368 g/mol. The van der Waals surface area contributed by atoms with Gasteiger partial charge in [-0.2, -0.15) is 0 Å². The fourth-order valence-electron chi connectivity index (χ4n) is 3.74. The predicted molar refractivity (Wildman–Crippen MR) is 116 cm³/mol. The minimum absolute atomic E-state index is 0.111. The topological polar surface area (TPSA) is 61.8 Å². The number of ketones is 1. The molecule has 1 aromatic rings. The summed E-state index contributed by atoms with van der Waals surface area (Å²) < 4.78 is 16.3. The van der Waals surface area contributed by atoms with Crippen molar-refractivity contribution in [3.8, 4) is 11.5 Å². The molecule has 0 fully saturated rings. The standard InChI is InChI=1S/C24H38O5/c1-8-9-10-14-29-23(26)18(15-17(2)16-24(3,4)5)22(25)21-19(27-6)12-11-13-20(21)28-7/h11-13,17-18H,8-10,14-16H2,1-7H3. The van der Waals surface area contributed by atoms with Gasteiger partial charge in [0, 0.05) is 0 Å². The van der Waals surface area contributed by atoms with Crippen LogP contribution in [-0.2, 0) is 9.53 Å². The highest BCUT2D eigenvalue weighted by atomic mass is 16.5. The molecule has 0 aliphatic rings. The number of hydrogen-bond donors (Lipinski definition) is 0. The number of ether oxygens (including phenoxy) is 3. The summed E-state index contributed by atoms with van der Waals surface area (Å²) in [6, 6.07) is 5.17. The molecule has 5 heteroatoms. The molecule has 0 saturated carbocycles. The minimum atomic E-state index is -0.876. The number of esters is 1. The molecule has 0 radical (unpaired) electrons. The first-order chi connectivity index (χ1) is 13.6. The smallest absolute Gasteiger partial charge is 0.316 e. The monoisotopic (exact) mass is 406 g/mol. The zero-order valence-corrected chi connectivity index (χ0v) is 19.2. The molecular formula is C24H38O5. The first-order valence-corrected chi connectivity index (χ1v) is 10.6. The van der Waals surface area contributed by atoms with Gasteiger partial charge >= 0.3 is 5.97 Å². The Balaban J connectivity index is 3.15. The van der Waals surface area contributed by atoms with Gasteiger partial charge in [0.05, 0.1) is 20.8 Å². The summed E-state index contributed by atoms with van der Waals surface area (Å²) in [5.74, 6) is -0.643. The molecule has 5 nitrogen and oxygen atoms in total. The van der Waals surface area contributed by atoms with Gasteiger partial charge in [0.2, 0.25) is 0 Å². The number of rotatable bonds is 12. The lowest BCUT2D eigenvalue weighted by molar-refractivity contribution is -0.147. The minimum Gasteiger partial charge on any atom is -0.496 e. The van der Waals surface area contributed by atoms with Crippen molar-refractivity contribution in [3.05, 3.63) is 23.8 Å². The van der Waals surface area contributed by atoms with Gasteiger partial charge in [-0.15, -0.1) is 0 Å². The lowest BCUT2D eigenvalue weighted by Gasteiger charge is -2.26. The van der Waals surface area contributed by atoms with Crippen LogP contribution < -0.4 is 9.47 Å². The van der Waals surface area contributed by atoms with Gasteiger partial charge in [0.15, 0.2) is 5.78 Å². The Bertz CT molecular complexity index is 637. The predicted octanol–water partition coefficient (Wildman–Crippen LogP) is 5.70. The molecule has 1 rings (SSSR count). The third kappa shape index (κ3) is 8.08. The second-order valence-electron chi connectivity index (χ2n) is 8.93. The maximum Gasteiger partial charge on any atom is 0.316 e. The van der Waals surface area contributed by atoms with Crippen LogP contribution in [0.2, 0.25) is 0 Å². The van der Waals surface area contributed by atoms with E-state index >= 15 is 0 Å². The lowest BCUT2D eigenvalue weighted by atomic mass is 9.80. The SMILES string of the molecule is CCCCCOC(=O)C(CC(C)CC(C)(C)C)C(=O)c1c(OC)cccc1OC. The molecule has 0 aromatic heterocycles. The summed E-state index contributed by atoms with van der Waals surface area (Å²) in [7, 11) is 3.01. The number of Topliss-reactive ketones (excluding diaryl/α,β-unsaturated/α-hetero) is 1. The van der Waals surface area contributed by atoms with E-state index in [2.05, 4.69) is 34.6 Å². The third-order valence-corrected chi connectivity index (χ3v) is 4.87. The van der Waals surface area contributed by atoms with Crippen molar-refractivity contribution in [1.82, 2.24) is 0 Å². The van der Waals surface area contributed by atoms with Crippen molar-refractivity contribution in [2.45, 2.75) is 66.7 Å². The molecule has 29 heavy (non-hydrogen) atoms. The van der Waals surface area contributed by atoms with Crippen molar-refractivity contribution in [1.29, 1.82) is 0 Å². The number of methoxy groups -OCH3 is 2. The van der Waals surface area contributed by atoms with E-state index < -0.39 is 11.9 Å². The maximum absolute atomic E-state index is 13.5. The zero-order chi connectivity index (χ0) is 22.0. The molecule has 0 spiro atoms. The van der Waals surface area contributed by atoms with Crippen LogP contribution in [0.25, 0.3) is 0 Å². The summed E-state index contributed by atoms with van der Waals surface area (Å²) in [6.45, 7) is 11.0. The molecule has 1 aromatic carbocycles. The Labute approximate surface area is 176 Å². The van der Waals surface area contributed by atoms with Crippen molar-refractivity contribution >= 4 is 11.8 Å². The number of carbonyl (C=O) groups excluding carboxylic acids is 2. The second kappa shape index (κ2) is 11.8. The molecule has 164 valence electrons. The van der Waals surface area contributed by atoms with Gasteiger partial charge in [0.1, 0.15) is 23.0 Å². The van der Waals surface area contributed by atoms with Crippen LogP contribution in [0.15, 0.2) is 18.2 Å². The summed E-state index contributed by atoms with van der Waals surface area (Å²) in [5.41, 5.74) is 0.413. The summed E-state index contributed by atoms with van der Waals surface area (Å²) in [6.07, 6.45) is 4.18. The second-order valence-corrected chi connectivity index (χ2v) is 8.93. The average molecular weight is 407 g/mol. The molecule has 0 bridgehead atoms. The van der Waals surface area contributed by atoms with Crippen LogP contribution in [0.1, 0.15) is 77.1 Å². The van der Waals surface area contributed by atoms with Gasteiger partial charge in [-0.25, -0.2) is 0 Å². The molecule has 2 atom stereocenters. The van der Waals surface area contributed by atoms with Gasteiger partial charge in [0.25, 0.3) is 0 Å². The van der Waals surface area contributed by atoms with Gasteiger partial charge in [-0.1, -0.05) is 53.5 Å². The van der Waals surface area contributed by atoms with Crippen molar-refractivity contribution in [3.63, 3.8) is 0 Å². The third-order valence-electron chi connectivity index (χ3n) is 4.87. The molecule has 0 heterocycles. The van der Waals surface area contributed by atoms with Crippen LogP contribution in [0.5, 0.6) is 11.5 Å². The Kier molecular flexibility index (Phi) is 10.2. The van der Waals surface area contributed by atoms with Gasteiger partial charge < -0.3 is 14.2 Å². The molecule has 0 aliphatic heterocycles. The van der Waals surface area contributed by atoms with Gasteiger partial charge in [-0.05, 0) is 42.7 Å². The zero-order valence-electron chi connectivity index (χ0n) is 19.2. The van der Waals surface area contributed by atoms with E-state index in [4.69, 9.17) is 14.2 Å². The Morgan fingerprint density at radius 3 is 2.10 bits per heavy atom. The Morgan fingerprint density at radius 1 is 1.03 bits per heavy atom. The van der Waals surface area contributed by atoms with E-state index in [-0.39, 0.29) is 17.1 Å². The highest BCUT2D eigenvalue weighted by Crippen LogP contribution is 2.34. The van der Waals surface area contributed by atoms with Crippen molar-refractivity contribution in [2.75, 3.05) is 20.8 Å². The quantitative estimate of drug-likeness (QED) is 0.193. The molecule has 0 aliphatic carbocycles. The van der Waals surface area contributed by atoms with E-state index in [0.717, 1.165) is 25.7 Å². The van der Waals surface area contributed by atoms with Crippen LogP contribution in [-0.4, -0.2) is 32.6 Å². The van der Waals surface area contributed by atoms with Crippen molar-refractivity contribution in [2.24, 2.45) is 17.3 Å².